The smallest absolute Gasteiger partial charge is 0.174 e. The average molecular weight is 413 g/mol. The molecule has 0 aliphatic carbocycles. The maximum absolute atomic E-state index is 10.5. The van der Waals surface area contributed by atoms with Gasteiger partial charge in [0.15, 0.2) is 5.11 Å². The second kappa shape index (κ2) is 7.65. The number of phenols is 1. The maximum Gasteiger partial charge on any atom is 0.174 e. The normalized spacial score (nSPS) is 18.4. The molecule has 5 nitrogen and oxygen atoms in total. The van der Waals surface area contributed by atoms with Crippen LogP contribution in [0.25, 0.3) is 5.69 Å². The lowest BCUT2D eigenvalue weighted by Crippen LogP contribution is -2.29. The predicted octanol–water partition coefficient (Wildman–Crippen LogP) is 4.76. The maximum atomic E-state index is 10.5. The molecular formula is C24H20N4OS. The molecule has 0 saturated carbocycles. The van der Waals surface area contributed by atoms with Gasteiger partial charge in [-0.05, 0) is 60.2 Å². The van der Waals surface area contributed by atoms with E-state index in [0.29, 0.717) is 10.8 Å². The number of nitrogens with one attached hydrogen (secondary N) is 1. The van der Waals surface area contributed by atoms with Crippen molar-refractivity contribution < 1.29 is 5.11 Å². The molecule has 2 N–H and O–H groups in total. The SMILES string of the molecule is Oc1ccccc1N1C(=S)N[C@@H](c2ccccn2)[C@@H]1c1ccn(-c2ccccc2)c1. The quantitative estimate of drug-likeness (QED) is 0.474. The lowest BCUT2D eigenvalue weighted by atomic mass is 9.98. The Kier molecular flexibility index (Phi) is 4.69. The van der Waals surface area contributed by atoms with Gasteiger partial charge in [0.2, 0.25) is 0 Å². The van der Waals surface area contributed by atoms with Gasteiger partial charge in [0, 0.05) is 24.3 Å². The molecule has 2 aromatic heterocycles. The fourth-order valence-electron chi connectivity index (χ4n) is 3.97. The minimum atomic E-state index is -0.161. The van der Waals surface area contributed by atoms with Crippen LogP contribution in [-0.2, 0) is 0 Å². The number of hydrogen-bond donors (Lipinski definition) is 2. The molecule has 1 saturated heterocycles. The molecule has 2 aromatic carbocycles. The van der Waals surface area contributed by atoms with Crippen molar-refractivity contribution in [2.75, 3.05) is 4.90 Å². The van der Waals surface area contributed by atoms with Gasteiger partial charge in [0.1, 0.15) is 5.75 Å². The van der Waals surface area contributed by atoms with Crippen molar-refractivity contribution in [2.45, 2.75) is 12.1 Å². The van der Waals surface area contributed by atoms with Crippen LogP contribution in [0.5, 0.6) is 5.75 Å². The lowest BCUT2D eigenvalue weighted by Gasteiger charge is -2.27. The Morgan fingerprint density at radius 1 is 0.900 bits per heavy atom. The summed E-state index contributed by atoms with van der Waals surface area (Å²) >= 11 is 5.71. The fourth-order valence-corrected chi connectivity index (χ4v) is 4.31. The highest BCUT2D eigenvalue weighted by atomic mass is 32.1. The Morgan fingerprint density at radius 3 is 2.43 bits per heavy atom. The lowest BCUT2D eigenvalue weighted by molar-refractivity contribution is 0.473. The third-order valence-electron chi connectivity index (χ3n) is 5.35. The summed E-state index contributed by atoms with van der Waals surface area (Å²) in [4.78, 5) is 6.55. The number of hydrogen-bond acceptors (Lipinski definition) is 3. The summed E-state index contributed by atoms with van der Waals surface area (Å²) in [5.74, 6) is 0.191. The first-order valence-corrected chi connectivity index (χ1v) is 10.1. The molecule has 2 atom stereocenters. The van der Waals surface area contributed by atoms with Gasteiger partial charge in [-0.15, -0.1) is 0 Å². The van der Waals surface area contributed by atoms with Crippen LogP contribution in [0.15, 0.2) is 97.5 Å². The van der Waals surface area contributed by atoms with Gasteiger partial charge in [0.25, 0.3) is 0 Å². The van der Waals surface area contributed by atoms with Crippen LogP contribution < -0.4 is 10.2 Å². The number of pyridine rings is 1. The standard InChI is InChI=1S/C24H20N4OS/c29-21-12-5-4-11-20(21)28-23(22(26-24(28)30)19-10-6-7-14-25-19)17-13-15-27(16-17)18-8-2-1-3-9-18/h1-16,22-23,29H,(H,26,30)/t22-,23-/m0/s1. The highest BCUT2D eigenvalue weighted by Gasteiger charge is 2.41. The molecule has 0 amide bonds. The Morgan fingerprint density at radius 2 is 1.67 bits per heavy atom. The molecule has 5 rings (SSSR count). The monoisotopic (exact) mass is 412 g/mol. The van der Waals surface area contributed by atoms with Gasteiger partial charge in [-0.25, -0.2) is 0 Å². The topological polar surface area (TPSA) is 53.3 Å². The zero-order chi connectivity index (χ0) is 20.5. The third kappa shape index (κ3) is 3.21. The van der Waals surface area contributed by atoms with Gasteiger partial charge in [-0.1, -0.05) is 36.4 Å². The van der Waals surface area contributed by atoms with E-state index in [1.165, 1.54) is 0 Å². The first kappa shape index (κ1) is 18.4. The largest absolute Gasteiger partial charge is 0.506 e. The van der Waals surface area contributed by atoms with E-state index in [1.807, 2.05) is 65.7 Å². The summed E-state index contributed by atoms with van der Waals surface area (Å²) in [7, 11) is 0. The summed E-state index contributed by atoms with van der Waals surface area (Å²) in [5.41, 5.74) is 3.73. The van der Waals surface area contributed by atoms with E-state index in [1.54, 1.807) is 12.3 Å². The average Bonchev–Trinajstić information content (AvgIpc) is 3.40. The Hall–Kier alpha value is -3.64. The van der Waals surface area contributed by atoms with Crippen LogP contribution in [0.2, 0.25) is 0 Å². The zero-order valence-electron chi connectivity index (χ0n) is 16.1. The summed E-state index contributed by atoms with van der Waals surface area (Å²) in [6, 6.07) is 25.1. The second-order valence-corrected chi connectivity index (χ2v) is 7.56. The van der Waals surface area contributed by atoms with E-state index in [0.717, 1.165) is 16.9 Å². The van der Waals surface area contributed by atoms with Crippen molar-refractivity contribution >= 4 is 23.0 Å². The fraction of sp³-hybridized carbons (Fsp3) is 0.0833. The van der Waals surface area contributed by atoms with Crippen molar-refractivity contribution in [1.29, 1.82) is 0 Å². The van der Waals surface area contributed by atoms with E-state index < -0.39 is 0 Å². The molecular weight excluding hydrogens is 392 g/mol. The molecule has 4 aromatic rings. The van der Waals surface area contributed by atoms with Crippen LogP contribution in [0.1, 0.15) is 23.3 Å². The van der Waals surface area contributed by atoms with Gasteiger partial charge in [-0.3, -0.25) is 4.98 Å². The van der Waals surface area contributed by atoms with E-state index in [4.69, 9.17) is 12.2 Å². The molecule has 148 valence electrons. The van der Waals surface area contributed by atoms with Gasteiger partial charge in [0.05, 0.1) is 23.5 Å². The van der Waals surface area contributed by atoms with Crippen molar-refractivity contribution in [3.05, 3.63) is 109 Å². The molecule has 0 radical (unpaired) electrons. The Bertz CT molecular complexity index is 1180. The summed E-state index contributed by atoms with van der Waals surface area (Å²) < 4.78 is 2.09. The minimum absolute atomic E-state index is 0.148. The molecule has 0 spiro atoms. The van der Waals surface area contributed by atoms with Crippen LogP contribution in [0, 0.1) is 0 Å². The number of nitrogens with zero attached hydrogens (tertiary/aromatic N) is 3. The molecule has 3 heterocycles. The van der Waals surface area contributed by atoms with E-state index >= 15 is 0 Å². The first-order chi connectivity index (χ1) is 14.7. The second-order valence-electron chi connectivity index (χ2n) is 7.17. The van der Waals surface area contributed by atoms with Crippen molar-refractivity contribution in [3.63, 3.8) is 0 Å². The molecule has 0 bridgehead atoms. The summed E-state index contributed by atoms with van der Waals surface area (Å²) in [5, 5.41) is 14.5. The van der Waals surface area contributed by atoms with E-state index in [-0.39, 0.29) is 17.8 Å². The molecule has 1 aliphatic heterocycles. The Labute approximate surface area is 180 Å². The third-order valence-corrected chi connectivity index (χ3v) is 5.67. The number of rotatable bonds is 4. The highest BCUT2D eigenvalue weighted by Crippen LogP contribution is 2.44. The van der Waals surface area contributed by atoms with Crippen LogP contribution in [-0.4, -0.2) is 19.8 Å². The van der Waals surface area contributed by atoms with Gasteiger partial charge >= 0.3 is 0 Å². The first-order valence-electron chi connectivity index (χ1n) is 9.74. The summed E-state index contributed by atoms with van der Waals surface area (Å²) in [6.45, 7) is 0. The molecule has 30 heavy (non-hydrogen) atoms. The van der Waals surface area contributed by atoms with Gasteiger partial charge < -0.3 is 19.9 Å². The van der Waals surface area contributed by atoms with Crippen LogP contribution >= 0.6 is 12.2 Å². The summed E-state index contributed by atoms with van der Waals surface area (Å²) in [6.07, 6.45) is 5.94. The number of anilines is 1. The number of phenolic OH excluding ortho intramolecular Hbond substituents is 1. The Balaban J connectivity index is 1.62. The van der Waals surface area contributed by atoms with E-state index in [9.17, 15) is 5.11 Å². The number of aromatic hydroxyl groups is 1. The van der Waals surface area contributed by atoms with Crippen molar-refractivity contribution in [3.8, 4) is 11.4 Å². The number of benzene rings is 2. The number of aromatic nitrogens is 2. The van der Waals surface area contributed by atoms with E-state index in [2.05, 4.69) is 39.3 Å². The van der Waals surface area contributed by atoms with Crippen LogP contribution in [0.3, 0.4) is 0 Å². The van der Waals surface area contributed by atoms with Crippen LogP contribution in [0.4, 0.5) is 5.69 Å². The van der Waals surface area contributed by atoms with Gasteiger partial charge in [-0.2, -0.15) is 0 Å². The molecule has 0 unspecified atom stereocenters. The zero-order valence-corrected chi connectivity index (χ0v) is 16.9. The molecule has 1 aliphatic rings. The number of thiocarbonyl (C=S) groups is 1. The van der Waals surface area contributed by atoms with Crippen molar-refractivity contribution in [1.82, 2.24) is 14.9 Å². The predicted molar refractivity (Wildman–Crippen MR) is 122 cm³/mol. The minimum Gasteiger partial charge on any atom is -0.506 e. The highest BCUT2D eigenvalue weighted by molar-refractivity contribution is 7.80. The molecule has 6 heteroatoms. The molecule has 1 fully saturated rings. The number of para-hydroxylation sites is 3. The van der Waals surface area contributed by atoms with Crippen molar-refractivity contribution in [2.24, 2.45) is 0 Å².